The van der Waals surface area contributed by atoms with Gasteiger partial charge < -0.3 is 19.8 Å². The fourth-order valence-electron chi connectivity index (χ4n) is 4.08. The molecule has 0 aliphatic carbocycles. The number of aromatic nitrogens is 4. The molecule has 3 aromatic rings. The molecular formula is C22H29N7O3. The molecule has 10 heteroatoms. The molecule has 3 aromatic heterocycles. The van der Waals surface area contributed by atoms with Gasteiger partial charge in [-0.05, 0) is 38.1 Å². The first-order chi connectivity index (χ1) is 15.4. The second kappa shape index (κ2) is 9.39. The van der Waals surface area contributed by atoms with Gasteiger partial charge in [-0.1, -0.05) is 0 Å². The van der Waals surface area contributed by atoms with Gasteiger partial charge in [-0.25, -0.2) is 9.78 Å². The van der Waals surface area contributed by atoms with E-state index >= 15 is 0 Å². The molecular weight excluding hydrogens is 410 g/mol. The van der Waals surface area contributed by atoms with E-state index in [-0.39, 0.29) is 30.3 Å². The summed E-state index contributed by atoms with van der Waals surface area (Å²) in [6, 6.07) is 7.55. The van der Waals surface area contributed by atoms with Gasteiger partial charge in [-0.2, -0.15) is 0 Å². The highest BCUT2D eigenvalue weighted by Crippen LogP contribution is 2.12. The summed E-state index contributed by atoms with van der Waals surface area (Å²) in [6.45, 7) is 9.21. The number of piperazine rings is 1. The van der Waals surface area contributed by atoms with E-state index in [1.807, 2.05) is 4.90 Å². The predicted octanol–water partition coefficient (Wildman–Crippen LogP) is 1.23. The summed E-state index contributed by atoms with van der Waals surface area (Å²) in [6.07, 6.45) is 0.255. The van der Waals surface area contributed by atoms with Crippen LogP contribution in [0, 0.1) is 13.8 Å². The first kappa shape index (κ1) is 21.8. The van der Waals surface area contributed by atoms with Crippen LogP contribution in [0.3, 0.4) is 0 Å². The summed E-state index contributed by atoms with van der Waals surface area (Å²) in [5.41, 5.74) is 3.14. The van der Waals surface area contributed by atoms with Crippen molar-refractivity contribution in [2.24, 2.45) is 0 Å². The molecule has 4 heterocycles. The Bertz CT molecular complexity index is 1150. The predicted molar refractivity (Wildman–Crippen MR) is 122 cm³/mol. The summed E-state index contributed by atoms with van der Waals surface area (Å²) in [4.78, 5) is 49.6. The third-order valence-corrected chi connectivity index (χ3v) is 5.99. The average Bonchev–Trinajstić information content (AvgIpc) is 3.31. The third-order valence-electron chi connectivity index (χ3n) is 5.99. The number of anilines is 1. The number of aromatic amines is 2. The normalized spacial score (nSPS) is 14.8. The number of pyridine rings is 1. The van der Waals surface area contributed by atoms with Gasteiger partial charge in [0.2, 0.25) is 11.8 Å². The zero-order valence-electron chi connectivity index (χ0n) is 18.5. The Kier molecular flexibility index (Phi) is 6.40. The van der Waals surface area contributed by atoms with Crippen LogP contribution in [0.2, 0.25) is 0 Å². The van der Waals surface area contributed by atoms with Crippen molar-refractivity contribution in [3.63, 3.8) is 0 Å². The van der Waals surface area contributed by atoms with Crippen LogP contribution >= 0.6 is 0 Å². The molecule has 1 saturated heterocycles. The van der Waals surface area contributed by atoms with Gasteiger partial charge in [-0.3, -0.25) is 19.5 Å². The Hall–Kier alpha value is -3.40. The number of hydrogen-bond acceptors (Lipinski definition) is 5. The second-order valence-electron chi connectivity index (χ2n) is 8.21. The molecule has 0 aromatic carbocycles. The fraction of sp³-hybridized carbons (Fsp3) is 0.455. The van der Waals surface area contributed by atoms with Crippen molar-refractivity contribution in [1.29, 1.82) is 0 Å². The van der Waals surface area contributed by atoms with Crippen LogP contribution in [0.5, 0.6) is 0 Å². The van der Waals surface area contributed by atoms with E-state index in [4.69, 9.17) is 0 Å². The monoisotopic (exact) mass is 439 g/mol. The smallest absolute Gasteiger partial charge is 0.325 e. The number of hydrogen-bond donors (Lipinski definition) is 3. The van der Waals surface area contributed by atoms with Crippen LogP contribution < -0.4 is 11.0 Å². The minimum atomic E-state index is -0.350. The highest BCUT2D eigenvalue weighted by atomic mass is 16.2. The molecule has 32 heavy (non-hydrogen) atoms. The minimum absolute atomic E-state index is 0.00438. The topological polar surface area (TPSA) is 119 Å². The molecule has 0 atom stereocenters. The maximum atomic E-state index is 12.5. The summed E-state index contributed by atoms with van der Waals surface area (Å²) in [5, 5.41) is 2.68. The minimum Gasteiger partial charge on any atom is -0.348 e. The van der Waals surface area contributed by atoms with Crippen molar-refractivity contribution in [3.05, 3.63) is 46.1 Å². The number of amides is 2. The van der Waals surface area contributed by atoms with Crippen molar-refractivity contribution < 1.29 is 9.59 Å². The molecule has 1 aliphatic heterocycles. The standard InChI is InChI=1S/C22H29N7O3/c1-15-3-4-16(2)29(15)14-11-27-9-12-28(13-10-27)20(31)8-7-19(30)24-18-6-5-17-21(25-18)26-22(32)23-17/h3-6H,7-14H2,1-2H3,(H3,23,24,25,26,30,32). The summed E-state index contributed by atoms with van der Waals surface area (Å²) < 4.78 is 2.32. The Labute approximate surface area is 185 Å². The Morgan fingerprint density at radius 1 is 0.969 bits per heavy atom. The van der Waals surface area contributed by atoms with Gasteiger partial charge in [0.05, 0.1) is 5.52 Å². The number of aryl methyl sites for hydroxylation is 2. The zero-order chi connectivity index (χ0) is 22.7. The third kappa shape index (κ3) is 5.08. The number of carbonyl (C=O) groups excluding carboxylic acids is 2. The quantitative estimate of drug-likeness (QED) is 0.512. The Balaban J connectivity index is 1.19. The van der Waals surface area contributed by atoms with E-state index in [2.05, 4.69) is 55.7 Å². The van der Waals surface area contributed by atoms with E-state index in [0.717, 1.165) is 26.2 Å². The second-order valence-corrected chi connectivity index (χ2v) is 8.21. The molecule has 0 unspecified atom stereocenters. The number of H-pyrrole nitrogens is 2. The van der Waals surface area contributed by atoms with Gasteiger partial charge in [-0.15, -0.1) is 0 Å². The molecule has 1 fully saturated rings. The zero-order valence-corrected chi connectivity index (χ0v) is 18.5. The first-order valence-corrected chi connectivity index (χ1v) is 10.9. The Morgan fingerprint density at radius 2 is 1.69 bits per heavy atom. The van der Waals surface area contributed by atoms with E-state index in [9.17, 15) is 14.4 Å². The maximum Gasteiger partial charge on any atom is 0.325 e. The molecule has 10 nitrogen and oxygen atoms in total. The molecule has 0 radical (unpaired) electrons. The highest BCUT2D eigenvalue weighted by molar-refractivity contribution is 5.93. The summed E-state index contributed by atoms with van der Waals surface area (Å²) >= 11 is 0. The lowest BCUT2D eigenvalue weighted by molar-refractivity contribution is -0.134. The largest absolute Gasteiger partial charge is 0.348 e. The lowest BCUT2D eigenvalue weighted by atomic mass is 10.2. The summed E-state index contributed by atoms with van der Waals surface area (Å²) in [5.74, 6) is 0.0569. The van der Waals surface area contributed by atoms with Crippen LogP contribution in [0.25, 0.3) is 11.2 Å². The van der Waals surface area contributed by atoms with E-state index < -0.39 is 0 Å². The number of nitrogens with one attached hydrogen (secondary N) is 3. The molecule has 170 valence electrons. The van der Waals surface area contributed by atoms with Gasteiger partial charge in [0.15, 0.2) is 5.65 Å². The van der Waals surface area contributed by atoms with Crippen molar-refractivity contribution in [1.82, 2.24) is 29.3 Å². The number of nitrogens with zero attached hydrogens (tertiary/aromatic N) is 4. The fourth-order valence-corrected chi connectivity index (χ4v) is 4.08. The number of fused-ring (bicyclic) bond motifs is 1. The van der Waals surface area contributed by atoms with Crippen molar-refractivity contribution in [3.8, 4) is 0 Å². The van der Waals surface area contributed by atoms with Gasteiger partial charge in [0.25, 0.3) is 0 Å². The van der Waals surface area contributed by atoms with E-state index in [1.165, 1.54) is 11.4 Å². The van der Waals surface area contributed by atoms with E-state index in [0.29, 0.717) is 30.1 Å². The van der Waals surface area contributed by atoms with Crippen LogP contribution in [0.4, 0.5) is 5.82 Å². The van der Waals surface area contributed by atoms with Crippen LogP contribution in [-0.2, 0) is 16.1 Å². The average molecular weight is 440 g/mol. The van der Waals surface area contributed by atoms with Crippen LogP contribution in [-0.4, -0.2) is 73.9 Å². The van der Waals surface area contributed by atoms with Crippen LogP contribution in [0.15, 0.2) is 29.1 Å². The van der Waals surface area contributed by atoms with Gasteiger partial charge in [0, 0.05) is 63.5 Å². The van der Waals surface area contributed by atoms with Gasteiger partial charge >= 0.3 is 5.69 Å². The molecule has 1 aliphatic rings. The lowest BCUT2D eigenvalue weighted by Crippen LogP contribution is -2.49. The van der Waals surface area contributed by atoms with Crippen molar-refractivity contribution in [2.45, 2.75) is 33.2 Å². The number of imidazole rings is 1. The highest BCUT2D eigenvalue weighted by Gasteiger charge is 2.21. The summed E-state index contributed by atoms with van der Waals surface area (Å²) in [7, 11) is 0. The molecule has 3 N–H and O–H groups in total. The Morgan fingerprint density at radius 3 is 2.41 bits per heavy atom. The SMILES string of the molecule is Cc1ccc(C)n1CCN1CCN(C(=O)CCC(=O)Nc2ccc3[nH]c(=O)[nH]c3n2)CC1. The molecule has 0 saturated carbocycles. The van der Waals surface area contributed by atoms with Crippen LogP contribution in [0.1, 0.15) is 24.2 Å². The van der Waals surface area contributed by atoms with Crippen molar-refractivity contribution in [2.75, 3.05) is 38.0 Å². The molecule has 0 spiro atoms. The number of carbonyl (C=O) groups is 2. The molecule has 0 bridgehead atoms. The van der Waals surface area contributed by atoms with E-state index in [1.54, 1.807) is 12.1 Å². The van der Waals surface area contributed by atoms with Gasteiger partial charge in [0.1, 0.15) is 5.82 Å². The lowest BCUT2D eigenvalue weighted by Gasteiger charge is -2.35. The number of rotatable bonds is 7. The maximum absolute atomic E-state index is 12.5. The molecule has 4 rings (SSSR count). The first-order valence-electron chi connectivity index (χ1n) is 10.9. The molecule has 2 amide bonds. The van der Waals surface area contributed by atoms with Crippen molar-refractivity contribution >= 4 is 28.8 Å².